The summed E-state index contributed by atoms with van der Waals surface area (Å²) in [6.45, 7) is 1.80. The van der Waals surface area contributed by atoms with Crippen LogP contribution < -0.4 is 5.73 Å². The lowest BCUT2D eigenvalue weighted by molar-refractivity contribution is -0.147. The van der Waals surface area contributed by atoms with Crippen molar-refractivity contribution in [3.8, 4) is 0 Å². The first-order chi connectivity index (χ1) is 7.97. The smallest absolute Gasteiger partial charge is 0.325 e. The lowest BCUT2D eigenvalue weighted by Gasteiger charge is -2.18. The zero-order valence-electron chi connectivity index (χ0n) is 9.19. The Bertz CT molecular complexity index is 414. The minimum Gasteiger partial charge on any atom is -0.465 e. The monoisotopic (exact) mass is 305 g/mol. The van der Waals surface area contributed by atoms with Crippen LogP contribution in [-0.4, -0.2) is 23.7 Å². The molecule has 6 heteroatoms. The first kappa shape index (κ1) is 14.1. The van der Waals surface area contributed by atoms with Crippen LogP contribution in [0.4, 0.5) is 4.39 Å². The Morgan fingerprint density at radius 2 is 2.29 bits per heavy atom. The maximum absolute atomic E-state index is 13.0. The van der Waals surface area contributed by atoms with Crippen LogP contribution >= 0.6 is 15.9 Å². The van der Waals surface area contributed by atoms with Crippen LogP contribution in [0.2, 0.25) is 0 Å². The molecule has 1 aromatic carbocycles. The highest BCUT2D eigenvalue weighted by Crippen LogP contribution is 2.26. The van der Waals surface area contributed by atoms with Gasteiger partial charge in [0.2, 0.25) is 0 Å². The number of rotatable bonds is 4. The molecule has 0 aliphatic rings. The van der Waals surface area contributed by atoms with Crippen molar-refractivity contribution in [1.29, 1.82) is 0 Å². The van der Waals surface area contributed by atoms with Gasteiger partial charge in [-0.2, -0.15) is 0 Å². The van der Waals surface area contributed by atoms with E-state index in [2.05, 4.69) is 20.7 Å². The molecule has 0 bridgehead atoms. The Balaban J connectivity index is 2.91. The molecule has 0 aliphatic heterocycles. The van der Waals surface area contributed by atoms with Gasteiger partial charge in [-0.3, -0.25) is 4.79 Å². The molecule has 0 fully saturated rings. The van der Waals surface area contributed by atoms with E-state index in [0.29, 0.717) is 4.47 Å². The quantitative estimate of drug-likeness (QED) is 0.827. The molecule has 0 saturated carbocycles. The normalized spacial score (nSPS) is 14.2. The third-order valence-electron chi connectivity index (χ3n) is 2.18. The van der Waals surface area contributed by atoms with Gasteiger partial charge in [0.1, 0.15) is 18.0 Å². The molecular formula is C11H13BrFNO3. The number of aliphatic hydroxyl groups is 1. The lowest BCUT2D eigenvalue weighted by Crippen LogP contribution is -2.38. The predicted molar refractivity (Wildman–Crippen MR) is 63.7 cm³/mol. The van der Waals surface area contributed by atoms with Crippen LogP contribution in [0, 0.1) is 5.82 Å². The third-order valence-corrected chi connectivity index (χ3v) is 2.90. The van der Waals surface area contributed by atoms with Crippen LogP contribution in [0.25, 0.3) is 0 Å². The molecule has 94 valence electrons. The van der Waals surface area contributed by atoms with Gasteiger partial charge in [0, 0.05) is 4.47 Å². The second-order valence-corrected chi connectivity index (χ2v) is 4.24. The topological polar surface area (TPSA) is 72.5 Å². The van der Waals surface area contributed by atoms with E-state index in [9.17, 15) is 14.3 Å². The molecule has 2 atom stereocenters. The fraction of sp³-hybridized carbons (Fsp3) is 0.364. The second kappa shape index (κ2) is 6.09. The van der Waals surface area contributed by atoms with Crippen molar-refractivity contribution >= 4 is 21.9 Å². The Labute approximate surface area is 107 Å². The lowest BCUT2D eigenvalue weighted by atomic mass is 10.0. The summed E-state index contributed by atoms with van der Waals surface area (Å²) >= 11 is 3.15. The average molecular weight is 306 g/mol. The summed E-state index contributed by atoms with van der Waals surface area (Å²) in [6.07, 6.45) is -1.32. The molecule has 1 rings (SSSR count). The van der Waals surface area contributed by atoms with Crippen molar-refractivity contribution in [2.45, 2.75) is 19.1 Å². The molecule has 1 aromatic rings. The number of carbonyl (C=O) groups excluding carboxylic acids is 1. The predicted octanol–water partition coefficient (Wildman–Crippen LogP) is 1.51. The maximum Gasteiger partial charge on any atom is 0.325 e. The van der Waals surface area contributed by atoms with Crippen molar-refractivity contribution < 1.29 is 19.0 Å². The van der Waals surface area contributed by atoms with Crippen molar-refractivity contribution in [3.63, 3.8) is 0 Å². The molecule has 0 radical (unpaired) electrons. The van der Waals surface area contributed by atoms with E-state index < -0.39 is 23.9 Å². The van der Waals surface area contributed by atoms with Gasteiger partial charge >= 0.3 is 5.97 Å². The Morgan fingerprint density at radius 1 is 1.65 bits per heavy atom. The van der Waals surface area contributed by atoms with E-state index in [0.717, 1.165) is 6.07 Å². The average Bonchev–Trinajstić information content (AvgIpc) is 2.30. The number of benzene rings is 1. The van der Waals surface area contributed by atoms with Crippen molar-refractivity contribution in [3.05, 3.63) is 34.1 Å². The summed E-state index contributed by atoms with van der Waals surface area (Å²) in [6, 6.07) is 2.54. The molecular weight excluding hydrogens is 293 g/mol. The number of aliphatic hydroxyl groups excluding tert-OH is 1. The molecule has 0 aliphatic carbocycles. The summed E-state index contributed by atoms with van der Waals surface area (Å²) in [4.78, 5) is 11.3. The molecule has 0 spiro atoms. The molecule has 17 heavy (non-hydrogen) atoms. The van der Waals surface area contributed by atoms with Gasteiger partial charge < -0.3 is 15.6 Å². The molecule has 0 saturated heterocycles. The van der Waals surface area contributed by atoms with Gasteiger partial charge in [-0.15, -0.1) is 0 Å². The SMILES string of the molecule is CCOC(=O)C(N)C(O)c1cc(F)ccc1Br. The van der Waals surface area contributed by atoms with Crippen LogP contribution in [0.1, 0.15) is 18.6 Å². The Morgan fingerprint density at radius 3 is 2.88 bits per heavy atom. The number of esters is 1. The fourth-order valence-electron chi connectivity index (χ4n) is 1.30. The molecule has 0 aromatic heterocycles. The van der Waals surface area contributed by atoms with Gasteiger partial charge in [-0.1, -0.05) is 15.9 Å². The summed E-state index contributed by atoms with van der Waals surface area (Å²) in [5, 5.41) is 9.87. The Hall–Kier alpha value is -0.980. The number of ether oxygens (including phenoxy) is 1. The Kier molecular flexibility index (Phi) is 5.04. The van der Waals surface area contributed by atoms with E-state index in [-0.39, 0.29) is 12.2 Å². The van der Waals surface area contributed by atoms with E-state index in [4.69, 9.17) is 5.73 Å². The number of hydrogen-bond donors (Lipinski definition) is 2. The number of nitrogens with two attached hydrogens (primary N) is 1. The molecule has 0 amide bonds. The van der Waals surface area contributed by atoms with Gasteiger partial charge in [-0.05, 0) is 30.7 Å². The number of halogens is 2. The molecule has 4 nitrogen and oxygen atoms in total. The van der Waals surface area contributed by atoms with Crippen LogP contribution in [-0.2, 0) is 9.53 Å². The first-order valence-electron chi connectivity index (χ1n) is 5.02. The van der Waals surface area contributed by atoms with Crippen molar-refractivity contribution in [1.82, 2.24) is 0 Å². The standard InChI is InChI=1S/C11H13BrFNO3/c1-2-17-11(16)9(14)10(15)7-5-6(13)3-4-8(7)12/h3-5,9-10,15H,2,14H2,1H3. The van der Waals surface area contributed by atoms with E-state index in [1.165, 1.54) is 12.1 Å². The van der Waals surface area contributed by atoms with Crippen molar-refractivity contribution in [2.75, 3.05) is 6.61 Å². The third kappa shape index (κ3) is 3.49. The highest BCUT2D eigenvalue weighted by molar-refractivity contribution is 9.10. The first-order valence-corrected chi connectivity index (χ1v) is 5.82. The van der Waals surface area contributed by atoms with Crippen LogP contribution in [0.15, 0.2) is 22.7 Å². The van der Waals surface area contributed by atoms with Crippen LogP contribution in [0.3, 0.4) is 0 Å². The minimum atomic E-state index is -1.32. The fourth-order valence-corrected chi connectivity index (χ4v) is 1.78. The van der Waals surface area contributed by atoms with Gasteiger partial charge in [-0.25, -0.2) is 4.39 Å². The second-order valence-electron chi connectivity index (χ2n) is 3.39. The zero-order valence-corrected chi connectivity index (χ0v) is 10.8. The number of carbonyl (C=O) groups is 1. The zero-order chi connectivity index (χ0) is 13.0. The summed E-state index contributed by atoms with van der Waals surface area (Å²) in [5.74, 6) is -1.24. The largest absolute Gasteiger partial charge is 0.465 e. The van der Waals surface area contributed by atoms with Crippen LogP contribution in [0.5, 0.6) is 0 Å². The molecule has 3 N–H and O–H groups in total. The summed E-state index contributed by atoms with van der Waals surface area (Å²) in [7, 11) is 0. The highest BCUT2D eigenvalue weighted by Gasteiger charge is 2.27. The van der Waals surface area contributed by atoms with E-state index >= 15 is 0 Å². The van der Waals surface area contributed by atoms with Crippen molar-refractivity contribution in [2.24, 2.45) is 5.73 Å². The van der Waals surface area contributed by atoms with E-state index in [1.807, 2.05) is 0 Å². The maximum atomic E-state index is 13.0. The molecule has 0 heterocycles. The highest BCUT2D eigenvalue weighted by atomic mass is 79.9. The number of hydrogen-bond acceptors (Lipinski definition) is 4. The van der Waals surface area contributed by atoms with Gasteiger partial charge in [0.25, 0.3) is 0 Å². The van der Waals surface area contributed by atoms with Gasteiger partial charge in [0.15, 0.2) is 0 Å². The van der Waals surface area contributed by atoms with E-state index in [1.54, 1.807) is 6.92 Å². The van der Waals surface area contributed by atoms with Gasteiger partial charge in [0.05, 0.1) is 6.61 Å². The summed E-state index contributed by atoms with van der Waals surface area (Å²) < 4.78 is 18.2. The minimum absolute atomic E-state index is 0.170. The summed E-state index contributed by atoms with van der Waals surface area (Å²) in [5.41, 5.74) is 5.74. The molecule has 2 unspecified atom stereocenters.